The van der Waals surface area contributed by atoms with Crippen LogP contribution >= 0.6 is 11.6 Å². The number of likely N-dealkylation sites (tertiary alicyclic amines) is 1. The Morgan fingerprint density at radius 3 is 2.43 bits per heavy atom. The van der Waals surface area contributed by atoms with E-state index in [9.17, 15) is 9.59 Å². The first-order valence-electron chi connectivity index (χ1n) is 8.01. The number of carbonyl (C=O) groups is 2. The molecule has 0 bridgehead atoms. The summed E-state index contributed by atoms with van der Waals surface area (Å²) in [4.78, 5) is 25.3. The molecule has 0 aliphatic carbocycles. The van der Waals surface area contributed by atoms with E-state index in [4.69, 9.17) is 16.7 Å². The summed E-state index contributed by atoms with van der Waals surface area (Å²) in [6, 6.07) is 7.10. The Bertz CT molecular complexity index is 527. The van der Waals surface area contributed by atoms with Crippen LogP contribution in [0.5, 0.6) is 0 Å². The molecule has 1 atom stereocenters. The molecular formula is C17H23ClN2O3. The molecule has 2 rings (SSSR count). The fourth-order valence-corrected chi connectivity index (χ4v) is 2.99. The van der Waals surface area contributed by atoms with E-state index in [2.05, 4.69) is 10.2 Å². The molecule has 126 valence electrons. The van der Waals surface area contributed by atoms with Crippen molar-refractivity contribution in [3.8, 4) is 0 Å². The van der Waals surface area contributed by atoms with Gasteiger partial charge >= 0.3 is 5.97 Å². The SMILES string of the molecule is O=C(O)CC(CNC(=O)CN1CCCCC1)c1ccc(Cl)cc1. The van der Waals surface area contributed by atoms with Gasteiger partial charge in [-0.25, -0.2) is 0 Å². The highest BCUT2D eigenvalue weighted by Gasteiger charge is 2.18. The van der Waals surface area contributed by atoms with Crippen LogP contribution < -0.4 is 5.32 Å². The van der Waals surface area contributed by atoms with Crippen molar-refractivity contribution in [1.82, 2.24) is 10.2 Å². The maximum Gasteiger partial charge on any atom is 0.304 e. The zero-order valence-electron chi connectivity index (χ0n) is 13.1. The van der Waals surface area contributed by atoms with Gasteiger partial charge in [-0.15, -0.1) is 0 Å². The quantitative estimate of drug-likeness (QED) is 0.801. The summed E-state index contributed by atoms with van der Waals surface area (Å²) in [5.41, 5.74) is 0.870. The molecular weight excluding hydrogens is 316 g/mol. The Kier molecular flexibility index (Phi) is 6.86. The Labute approximate surface area is 141 Å². The van der Waals surface area contributed by atoms with Crippen LogP contribution in [0.15, 0.2) is 24.3 Å². The van der Waals surface area contributed by atoms with E-state index in [1.165, 1.54) is 6.42 Å². The number of hydrogen-bond donors (Lipinski definition) is 2. The Morgan fingerprint density at radius 2 is 1.83 bits per heavy atom. The summed E-state index contributed by atoms with van der Waals surface area (Å²) in [6.45, 7) is 2.63. The number of rotatable bonds is 7. The van der Waals surface area contributed by atoms with Crippen LogP contribution in [-0.4, -0.2) is 48.1 Å². The van der Waals surface area contributed by atoms with E-state index in [-0.39, 0.29) is 18.2 Å². The van der Waals surface area contributed by atoms with Crippen molar-refractivity contribution >= 4 is 23.5 Å². The van der Waals surface area contributed by atoms with Gasteiger partial charge in [-0.3, -0.25) is 14.5 Å². The minimum absolute atomic E-state index is 0.0222. The van der Waals surface area contributed by atoms with Gasteiger partial charge in [0.25, 0.3) is 0 Å². The predicted octanol–water partition coefficient (Wildman–Crippen LogP) is 2.50. The number of carboxylic acids is 1. The van der Waals surface area contributed by atoms with Crippen LogP contribution in [0.3, 0.4) is 0 Å². The number of nitrogens with one attached hydrogen (secondary N) is 1. The fourth-order valence-electron chi connectivity index (χ4n) is 2.87. The smallest absolute Gasteiger partial charge is 0.304 e. The monoisotopic (exact) mass is 338 g/mol. The number of benzene rings is 1. The molecule has 0 spiro atoms. The zero-order valence-corrected chi connectivity index (χ0v) is 13.9. The standard InChI is InChI=1S/C17H23ClN2O3/c18-15-6-4-13(5-7-15)14(10-17(22)23)11-19-16(21)12-20-8-2-1-3-9-20/h4-7,14H,1-3,8-12H2,(H,19,21)(H,22,23). The van der Waals surface area contributed by atoms with Crippen molar-refractivity contribution in [3.05, 3.63) is 34.9 Å². The second-order valence-corrected chi connectivity index (χ2v) is 6.42. The molecule has 2 N–H and O–H groups in total. The van der Waals surface area contributed by atoms with Crippen LogP contribution in [0, 0.1) is 0 Å². The van der Waals surface area contributed by atoms with E-state index in [1.807, 2.05) is 12.1 Å². The summed E-state index contributed by atoms with van der Waals surface area (Å²) in [7, 11) is 0. The number of hydrogen-bond acceptors (Lipinski definition) is 3. The number of carbonyl (C=O) groups excluding carboxylic acids is 1. The van der Waals surface area contributed by atoms with Crippen LogP contribution in [0.25, 0.3) is 0 Å². The van der Waals surface area contributed by atoms with Gasteiger partial charge in [0, 0.05) is 17.5 Å². The average Bonchev–Trinajstić information content (AvgIpc) is 2.53. The van der Waals surface area contributed by atoms with Crippen molar-refractivity contribution in [2.45, 2.75) is 31.6 Å². The molecule has 1 aliphatic rings. The minimum atomic E-state index is -0.879. The first-order chi connectivity index (χ1) is 11.0. The van der Waals surface area contributed by atoms with Gasteiger partial charge in [0.05, 0.1) is 13.0 Å². The molecule has 1 aromatic carbocycles. The molecule has 1 aromatic rings. The van der Waals surface area contributed by atoms with Crippen molar-refractivity contribution < 1.29 is 14.7 Å². The Hall–Kier alpha value is -1.59. The molecule has 0 saturated carbocycles. The molecule has 0 radical (unpaired) electrons. The summed E-state index contributed by atoms with van der Waals surface area (Å²) in [5.74, 6) is -1.18. The van der Waals surface area contributed by atoms with Gasteiger partial charge in [-0.05, 0) is 43.6 Å². The van der Waals surface area contributed by atoms with E-state index >= 15 is 0 Å². The molecule has 1 heterocycles. The van der Waals surface area contributed by atoms with Gasteiger partial charge < -0.3 is 10.4 Å². The second kappa shape index (κ2) is 8.89. The number of nitrogens with zero attached hydrogens (tertiary/aromatic N) is 1. The lowest BCUT2D eigenvalue weighted by Gasteiger charge is -2.26. The molecule has 6 heteroatoms. The highest BCUT2D eigenvalue weighted by atomic mass is 35.5. The average molecular weight is 339 g/mol. The van der Waals surface area contributed by atoms with Crippen molar-refractivity contribution in [1.29, 1.82) is 0 Å². The van der Waals surface area contributed by atoms with Gasteiger partial charge in [-0.2, -0.15) is 0 Å². The number of halogens is 1. The number of piperidine rings is 1. The topological polar surface area (TPSA) is 69.6 Å². The lowest BCUT2D eigenvalue weighted by Crippen LogP contribution is -2.41. The van der Waals surface area contributed by atoms with Crippen molar-refractivity contribution in [2.75, 3.05) is 26.2 Å². The van der Waals surface area contributed by atoms with Crippen molar-refractivity contribution in [2.24, 2.45) is 0 Å². The van der Waals surface area contributed by atoms with Crippen LogP contribution in [0.1, 0.15) is 37.2 Å². The summed E-state index contributed by atoms with van der Waals surface area (Å²) in [5, 5.41) is 12.6. The maximum atomic E-state index is 12.1. The lowest BCUT2D eigenvalue weighted by molar-refractivity contribution is -0.137. The van der Waals surface area contributed by atoms with Gasteiger partial charge in [0.2, 0.25) is 5.91 Å². The Balaban J connectivity index is 1.88. The van der Waals surface area contributed by atoms with E-state index < -0.39 is 5.97 Å². The van der Waals surface area contributed by atoms with Gasteiger partial charge in [0.15, 0.2) is 0 Å². The minimum Gasteiger partial charge on any atom is -0.481 e. The van der Waals surface area contributed by atoms with Crippen LogP contribution in [0.2, 0.25) is 5.02 Å². The van der Waals surface area contributed by atoms with Crippen LogP contribution in [-0.2, 0) is 9.59 Å². The molecule has 1 amide bonds. The highest BCUT2D eigenvalue weighted by Crippen LogP contribution is 2.21. The Morgan fingerprint density at radius 1 is 1.17 bits per heavy atom. The van der Waals surface area contributed by atoms with Gasteiger partial charge in [0.1, 0.15) is 0 Å². The molecule has 1 aliphatic heterocycles. The third-order valence-corrected chi connectivity index (χ3v) is 4.38. The van der Waals surface area contributed by atoms with E-state index in [0.717, 1.165) is 31.5 Å². The highest BCUT2D eigenvalue weighted by molar-refractivity contribution is 6.30. The predicted molar refractivity (Wildman–Crippen MR) is 89.7 cm³/mol. The maximum absolute atomic E-state index is 12.1. The number of amides is 1. The molecule has 1 saturated heterocycles. The molecule has 0 aromatic heterocycles. The third kappa shape index (κ3) is 6.20. The van der Waals surface area contributed by atoms with Crippen LogP contribution in [0.4, 0.5) is 0 Å². The summed E-state index contributed by atoms with van der Waals surface area (Å²) < 4.78 is 0. The number of carboxylic acid groups (broad SMARTS) is 1. The normalized spacial score (nSPS) is 16.7. The molecule has 5 nitrogen and oxygen atoms in total. The molecule has 1 unspecified atom stereocenters. The van der Waals surface area contributed by atoms with Gasteiger partial charge in [-0.1, -0.05) is 30.2 Å². The first kappa shape index (κ1) is 17.8. The fraction of sp³-hybridized carbons (Fsp3) is 0.529. The first-order valence-corrected chi connectivity index (χ1v) is 8.38. The van der Waals surface area contributed by atoms with E-state index in [1.54, 1.807) is 12.1 Å². The number of aliphatic carboxylic acids is 1. The molecule has 1 fully saturated rings. The molecule has 23 heavy (non-hydrogen) atoms. The van der Waals surface area contributed by atoms with Crippen molar-refractivity contribution in [3.63, 3.8) is 0 Å². The summed E-state index contributed by atoms with van der Waals surface area (Å²) in [6.07, 6.45) is 3.49. The van der Waals surface area contributed by atoms with E-state index in [0.29, 0.717) is 18.1 Å². The second-order valence-electron chi connectivity index (χ2n) is 5.99. The lowest BCUT2D eigenvalue weighted by atomic mass is 9.95. The summed E-state index contributed by atoms with van der Waals surface area (Å²) >= 11 is 5.87. The largest absolute Gasteiger partial charge is 0.481 e. The zero-order chi connectivity index (χ0) is 16.7. The third-order valence-electron chi connectivity index (χ3n) is 4.12.